The van der Waals surface area contributed by atoms with Crippen LogP contribution in [0.2, 0.25) is 0 Å². The molecule has 3 nitrogen and oxygen atoms in total. The molecule has 1 atom stereocenters. The van der Waals surface area contributed by atoms with Crippen LogP contribution in [-0.4, -0.2) is 4.98 Å². The number of aromatic nitrogens is 1. The Labute approximate surface area is 77.1 Å². The Bertz CT molecular complexity index is 265. The zero-order chi connectivity index (χ0) is 9.68. The molecule has 13 heavy (non-hydrogen) atoms. The van der Waals surface area contributed by atoms with E-state index in [0.717, 1.165) is 12.8 Å². The number of nitrogens with two attached hydrogens (primary N) is 1. The molecule has 0 aliphatic heterocycles. The Hall–Kier alpha value is -1.00. The highest BCUT2D eigenvalue weighted by Crippen LogP contribution is 2.19. The summed E-state index contributed by atoms with van der Waals surface area (Å²) in [5, 5.41) is 0. The molecule has 1 heterocycles. The number of pyridine rings is 1. The van der Waals surface area contributed by atoms with Crippen molar-refractivity contribution >= 4 is 0 Å². The number of hydrogen-bond acceptors (Lipinski definition) is 3. The third kappa shape index (κ3) is 2.47. The van der Waals surface area contributed by atoms with Crippen molar-refractivity contribution in [3.8, 4) is 0 Å². The van der Waals surface area contributed by atoms with E-state index in [1.54, 1.807) is 12.3 Å². The quantitative estimate of drug-likeness (QED) is 0.549. The average Bonchev–Trinajstić information content (AvgIpc) is 2.16. The highest BCUT2D eigenvalue weighted by molar-refractivity contribution is 5.16. The zero-order valence-corrected chi connectivity index (χ0v) is 7.63. The van der Waals surface area contributed by atoms with Gasteiger partial charge in [-0.2, -0.15) is 0 Å². The number of rotatable bonds is 4. The minimum atomic E-state index is -0.307. The summed E-state index contributed by atoms with van der Waals surface area (Å²) in [6, 6.07) is 1.53. The van der Waals surface area contributed by atoms with E-state index in [1.807, 2.05) is 6.92 Å². The molecule has 0 fully saturated rings. The van der Waals surface area contributed by atoms with Gasteiger partial charge in [-0.15, -0.1) is 0 Å². The fourth-order valence-electron chi connectivity index (χ4n) is 1.29. The van der Waals surface area contributed by atoms with Gasteiger partial charge in [-0.3, -0.25) is 16.3 Å². The molecule has 1 aromatic rings. The second kappa shape index (κ2) is 4.89. The Morgan fingerprint density at radius 3 is 3.00 bits per heavy atom. The van der Waals surface area contributed by atoms with Crippen molar-refractivity contribution in [3.05, 3.63) is 29.8 Å². The second-order valence-electron chi connectivity index (χ2n) is 2.91. The lowest BCUT2D eigenvalue weighted by molar-refractivity contribution is 0.479. The third-order valence-corrected chi connectivity index (χ3v) is 1.96. The molecule has 72 valence electrons. The molecule has 3 N–H and O–H groups in total. The molecule has 1 rings (SSSR count). The summed E-state index contributed by atoms with van der Waals surface area (Å²) in [6.07, 6.45) is 4.54. The predicted molar refractivity (Wildman–Crippen MR) is 49.2 cm³/mol. The van der Waals surface area contributed by atoms with Crippen LogP contribution in [-0.2, 0) is 0 Å². The van der Waals surface area contributed by atoms with Gasteiger partial charge in [-0.05, 0) is 12.5 Å². The van der Waals surface area contributed by atoms with Crippen LogP contribution in [0.5, 0.6) is 0 Å². The number of nitrogens with one attached hydrogen (secondary N) is 1. The van der Waals surface area contributed by atoms with Gasteiger partial charge in [-0.25, -0.2) is 4.39 Å². The van der Waals surface area contributed by atoms with Crippen LogP contribution in [0, 0.1) is 5.82 Å². The van der Waals surface area contributed by atoms with Gasteiger partial charge in [0.15, 0.2) is 0 Å². The standard InChI is InChI=1S/C9H14FN3/c1-2-3-9(13-11)7-4-5-12-6-8(7)10/h4-6,9,13H,2-3,11H2,1H3. The number of nitrogens with zero attached hydrogens (tertiary/aromatic N) is 1. The van der Waals surface area contributed by atoms with Crippen LogP contribution in [0.25, 0.3) is 0 Å². The maximum absolute atomic E-state index is 13.2. The summed E-state index contributed by atoms with van der Waals surface area (Å²) < 4.78 is 13.2. The van der Waals surface area contributed by atoms with Gasteiger partial charge in [0, 0.05) is 17.8 Å². The van der Waals surface area contributed by atoms with E-state index in [9.17, 15) is 4.39 Å². The minimum Gasteiger partial charge on any atom is -0.271 e. The third-order valence-electron chi connectivity index (χ3n) is 1.96. The zero-order valence-electron chi connectivity index (χ0n) is 7.63. The summed E-state index contributed by atoms with van der Waals surface area (Å²) in [5.74, 6) is 5.02. The molecule has 0 saturated carbocycles. The lowest BCUT2D eigenvalue weighted by Gasteiger charge is -2.15. The summed E-state index contributed by atoms with van der Waals surface area (Å²) in [4.78, 5) is 3.68. The summed E-state index contributed by atoms with van der Waals surface area (Å²) in [5.41, 5.74) is 3.18. The van der Waals surface area contributed by atoms with E-state index in [1.165, 1.54) is 6.20 Å². The molecule has 0 saturated heterocycles. The van der Waals surface area contributed by atoms with E-state index >= 15 is 0 Å². The van der Waals surface area contributed by atoms with Crippen molar-refractivity contribution in [2.75, 3.05) is 0 Å². The summed E-state index contributed by atoms with van der Waals surface area (Å²) in [6.45, 7) is 2.03. The van der Waals surface area contributed by atoms with Crippen LogP contribution in [0.15, 0.2) is 18.5 Å². The smallest absolute Gasteiger partial charge is 0.146 e. The van der Waals surface area contributed by atoms with Gasteiger partial charge in [-0.1, -0.05) is 13.3 Å². The van der Waals surface area contributed by atoms with Gasteiger partial charge < -0.3 is 0 Å². The number of hydrazine groups is 1. The highest BCUT2D eigenvalue weighted by atomic mass is 19.1. The molecule has 1 unspecified atom stereocenters. The Morgan fingerprint density at radius 2 is 2.46 bits per heavy atom. The van der Waals surface area contributed by atoms with Crippen molar-refractivity contribution in [1.82, 2.24) is 10.4 Å². The molecule has 0 amide bonds. The fraction of sp³-hybridized carbons (Fsp3) is 0.444. The van der Waals surface area contributed by atoms with Crippen molar-refractivity contribution in [3.63, 3.8) is 0 Å². The Kier molecular flexibility index (Phi) is 3.79. The first-order valence-electron chi connectivity index (χ1n) is 4.35. The first kappa shape index (κ1) is 10.1. The van der Waals surface area contributed by atoms with Crippen LogP contribution in [0.4, 0.5) is 4.39 Å². The molecule has 0 radical (unpaired) electrons. The fourth-order valence-corrected chi connectivity index (χ4v) is 1.29. The average molecular weight is 183 g/mol. The maximum Gasteiger partial charge on any atom is 0.146 e. The van der Waals surface area contributed by atoms with Crippen LogP contribution in [0.3, 0.4) is 0 Å². The van der Waals surface area contributed by atoms with E-state index < -0.39 is 0 Å². The second-order valence-corrected chi connectivity index (χ2v) is 2.91. The van der Waals surface area contributed by atoms with E-state index in [-0.39, 0.29) is 11.9 Å². The van der Waals surface area contributed by atoms with Gasteiger partial charge in [0.25, 0.3) is 0 Å². The topological polar surface area (TPSA) is 50.9 Å². The minimum absolute atomic E-state index is 0.118. The summed E-state index contributed by atoms with van der Waals surface area (Å²) >= 11 is 0. The molecule has 4 heteroatoms. The maximum atomic E-state index is 13.2. The largest absolute Gasteiger partial charge is 0.271 e. The normalized spacial score (nSPS) is 12.8. The molecule has 0 aliphatic carbocycles. The molecular weight excluding hydrogens is 169 g/mol. The van der Waals surface area contributed by atoms with Crippen molar-refractivity contribution in [2.45, 2.75) is 25.8 Å². The molecule has 0 bridgehead atoms. The van der Waals surface area contributed by atoms with E-state index in [2.05, 4.69) is 10.4 Å². The Morgan fingerprint density at radius 1 is 1.69 bits per heavy atom. The van der Waals surface area contributed by atoms with Gasteiger partial charge in [0.05, 0.1) is 6.20 Å². The summed E-state index contributed by atoms with van der Waals surface area (Å²) in [7, 11) is 0. The van der Waals surface area contributed by atoms with Gasteiger partial charge >= 0.3 is 0 Å². The number of halogens is 1. The van der Waals surface area contributed by atoms with Gasteiger partial charge in [0.2, 0.25) is 0 Å². The monoisotopic (exact) mass is 183 g/mol. The lowest BCUT2D eigenvalue weighted by atomic mass is 10.0. The SMILES string of the molecule is CCCC(NN)c1ccncc1F. The molecule has 1 aromatic heterocycles. The molecule has 0 spiro atoms. The first-order valence-corrected chi connectivity index (χ1v) is 4.35. The molecule has 0 aromatic carbocycles. The van der Waals surface area contributed by atoms with E-state index in [0.29, 0.717) is 5.56 Å². The molecular formula is C9H14FN3. The molecule has 0 aliphatic rings. The van der Waals surface area contributed by atoms with Crippen LogP contribution in [0.1, 0.15) is 31.4 Å². The Balaban J connectivity index is 2.84. The highest BCUT2D eigenvalue weighted by Gasteiger charge is 2.12. The number of hydrogen-bond donors (Lipinski definition) is 2. The lowest BCUT2D eigenvalue weighted by Crippen LogP contribution is -2.28. The van der Waals surface area contributed by atoms with Crippen molar-refractivity contribution < 1.29 is 4.39 Å². The van der Waals surface area contributed by atoms with Crippen LogP contribution < -0.4 is 11.3 Å². The predicted octanol–water partition coefficient (Wildman–Crippen LogP) is 1.53. The van der Waals surface area contributed by atoms with Crippen molar-refractivity contribution in [1.29, 1.82) is 0 Å². The van der Waals surface area contributed by atoms with Gasteiger partial charge in [0.1, 0.15) is 5.82 Å². The first-order chi connectivity index (χ1) is 6.29. The van der Waals surface area contributed by atoms with Crippen LogP contribution >= 0.6 is 0 Å². The van der Waals surface area contributed by atoms with E-state index in [4.69, 9.17) is 5.84 Å². The van der Waals surface area contributed by atoms with Crippen molar-refractivity contribution in [2.24, 2.45) is 5.84 Å².